The molecule has 29 heavy (non-hydrogen) atoms. The van der Waals surface area contributed by atoms with E-state index >= 15 is 0 Å². The molecular formula is C21H23N3O5. The van der Waals surface area contributed by atoms with Crippen molar-refractivity contribution >= 4 is 18.0 Å². The lowest BCUT2D eigenvalue weighted by Gasteiger charge is -2.08. The van der Waals surface area contributed by atoms with Crippen LogP contribution in [-0.2, 0) is 14.3 Å². The van der Waals surface area contributed by atoms with E-state index in [1.165, 1.54) is 6.21 Å². The van der Waals surface area contributed by atoms with Crippen molar-refractivity contribution in [3.63, 3.8) is 0 Å². The van der Waals surface area contributed by atoms with Gasteiger partial charge in [-0.3, -0.25) is 0 Å². The van der Waals surface area contributed by atoms with Crippen molar-refractivity contribution in [2.45, 2.75) is 13.8 Å². The number of hydrogen-bond donors (Lipinski definition) is 2. The molecule has 0 fully saturated rings. The molecule has 0 unspecified atom stereocenters. The molecule has 0 aliphatic carbocycles. The normalized spacial score (nSPS) is 12.4. The summed E-state index contributed by atoms with van der Waals surface area (Å²) in [6.45, 7) is 3.53. The van der Waals surface area contributed by atoms with E-state index in [0.29, 0.717) is 5.75 Å². The summed E-state index contributed by atoms with van der Waals surface area (Å²) in [5.41, 5.74) is 6.13. The van der Waals surface area contributed by atoms with Crippen LogP contribution in [0.1, 0.15) is 19.4 Å². The number of nitrogens with zero attached hydrogens (tertiary/aromatic N) is 2. The zero-order valence-corrected chi connectivity index (χ0v) is 16.2. The van der Waals surface area contributed by atoms with Crippen LogP contribution in [0.25, 0.3) is 0 Å². The molecule has 0 bridgehead atoms. The van der Waals surface area contributed by atoms with Gasteiger partial charge in [-0.15, -0.1) is 5.10 Å². The lowest BCUT2D eigenvalue weighted by atomic mass is 10.2. The largest absolute Gasteiger partial charge is 0.480 e. The highest BCUT2D eigenvalue weighted by molar-refractivity contribution is 6.18. The number of carbonyl (C=O) groups is 1. The van der Waals surface area contributed by atoms with Crippen LogP contribution in [0.2, 0.25) is 0 Å². The summed E-state index contributed by atoms with van der Waals surface area (Å²) in [5, 5.41) is 17.5. The zero-order valence-electron chi connectivity index (χ0n) is 16.2. The fraction of sp³-hybridized carbons (Fsp3) is 0.190. The second-order valence-corrected chi connectivity index (χ2v) is 5.55. The molecule has 0 saturated carbocycles. The van der Waals surface area contributed by atoms with Crippen LogP contribution in [0.3, 0.4) is 0 Å². The Morgan fingerprint density at radius 2 is 1.62 bits per heavy atom. The van der Waals surface area contributed by atoms with Gasteiger partial charge in [0.05, 0.1) is 19.4 Å². The van der Waals surface area contributed by atoms with Gasteiger partial charge in [0.15, 0.2) is 11.4 Å². The summed E-state index contributed by atoms with van der Waals surface area (Å²) < 4.78 is 15.5. The lowest BCUT2D eigenvalue weighted by molar-refractivity contribution is -0.138. The fourth-order valence-electron chi connectivity index (χ4n) is 2.17. The standard InChI is InChI=1S/C21H23N3O5/c1-3-27-20(25)18(21(26)28-4-2)19(22)24-23-14-15-10-12-17(13-11-15)29-16-8-6-5-7-9-16/h5-14,25H,3-4H2,1-2H3,(H2,22,24)/b20-18+,23-14+. The number of ether oxygens (including phenoxy) is 3. The van der Waals surface area contributed by atoms with Gasteiger partial charge in [0.25, 0.3) is 5.95 Å². The number of rotatable bonds is 9. The third-order valence-corrected chi connectivity index (χ3v) is 3.46. The van der Waals surface area contributed by atoms with E-state index in [1.807, 2.05) is 30.3 Å². The molecule has 2 rings (SSSR count). The average molecular weight is 397 g/mol. The summed E-state index contributed by atoms with van der Waals surface area (Å²) in [4.78, 5) is 12.0. The molecule has 0 heterocycles. The molecule has 0 aliphatic heterocycles. The van der Waals surface area contributed by atoms with Crippen LogP contribution in [0.5, 0.6) is 11.5 Å². The van der Waals surface area contributed by atoms with E-state index in [-0.39, 0.29) is 24.6 Å². The third-order valence-electron chi connectivity index (χ3n) is 3.46. The lowest BCUT2D eigenvalue weighted by Crippen LogP contribution is -2.25. The maximum Gasteiger partial charge on any atom is 0.349 e. The van der Waals surface area contributed by atoms with Crippen molar-refractivity contribution < 1.29 is 24.1 Å². The number of carbonyl (C=O) groups excluding carboxylic acids is 1. The zero-order chi connectivity index (χ0) is 21.1. The highest BCUT2D eigenvalue weighted by Gasteiger charge is 2.22. The van der Waals surface area contributed by atoms with E-state index in [0.717, 1.165) is 11.3 Å². The third kappa shape index (κ3) is 6.69. The Kier molecular flexibility index (Phi) is 8.25. The predicted octanol–water partition coefficient (Wildman–Crippen LogP) is 3.54. The smallest absolute Gasteiger partial charge is 0.349 e. The number of aliphatic hydroxyl groups is 1. The summed E-state index contributed by atoms with van der Waals surface area (Å²) in [6.07, 6.45) is 1.44. The molecule has 0 spiro atoms. The Bertz CT molecular complexity index is 890. The number of amidine groups is 1. The van der Waals surface area contributed by atoms with Gasteiger partial charge in [0, 0.05) is 0 Å². The first-order valence-electron chi connectivity index (χ1n) is 8.98. The fourth-order valence-corrected chi connectivity index (χ4v) is 2.17. The molecule has 152 valence electrons. The minimum absolute atomic E-state index is 0.107. The highest BCUT2D eigenvalue weighted by atomic mass is 16.6. The molecule has 0 radical (unpaired) electrons. The average Bonchev–Trinajstić information content (AvgIpc) is 2.71. The van der Waals surface area contributed by atoms with Gasteiger partial charge in [-0.25, -0.2) is 4.79 Å². The van der Waals surface area contributed by atoms with Crippen molar-refractivity contribution in [2.24, 2.45) is 15.9 Å². The number of aliphatic hydroxyl groups excluding tert-OH is 1. The van der Waals surface area contributed by atoms with Crippen molar-refractivity contribution in [3.8, 4) is 11.5 Å². The van der Waals surface area contributed by atoms with Gasteiger partial charge in [0.2, 0.25) is 0 Å². The summed E-state index contributed by atoms with van der Waals surface area (Å²) in [5.74, 6) is -0.430. The molecule has 0 atom stereocenters. The number of hydrogen-bond acceptors (Lipinski definition) is 7. The quantitative estimate of drug-likeness (QED) is 0.167. The second kappa shape index (κ2) is 11.1. The Morgan fingerprint density at radius 3 is 2.24 bits per heavy atom. The number of esters is 1. The summed E-state index contributed by atoms with van der Waals surface area (Å²) in [6, 6.07) is 16.6. The monoisotopic (exact) mass is 397 g/mol. The van der Waals surface area contributed by atoms with Crippen LogP contribution in [-0.4, -0.2) is 36.3 Å². The van der Waals surface area contributed by atoms with Crippen LogP contribution in [0, 0.1) is 0 Å². The van der Waals surface area contributed by atoms with Crippen LogP contribution >= 0.6 is 0 Å². The van der Waals surface area contributed by atoms with Gasteiger partial charge >= 0.3 is 5.97 Å². The van der Waals surface area contributed by atoms with E-state index in [9.17, 15) is 9.90 Å². The van der Waals surface area contributed by atoms with E-state index in [4.69, 9.17) is 19.9 Å². The first-order valence-corrected chi connectivity index (χ1v) is 8.98. The predicted molar refractivity (Wildman–Crippen MR) is 110 cm³/mol. The first-order chi connectivity index (χ1) is 14.0. The Labute approximate surface area is 168 Å². The number of benzene rings is 2. The van der Waals surface area contributed by atoms with Gasteiger partial charge in [-0.1, -0.05) is 18.2 Å². The summed E-state index contributed by atoms with van der Waals surface area (Å²) in [7, 11) is 0. The minimum Gasteiger partial charge on any atom is -0.480 e. The van der Waals surface area contributed by atoms with E-state index in [1.54, 1.807) is 38.1 Å². The maximum atomic E-state index is 12.0. The van der Waals surface area contributed by atoms with Gasteiger partial charge in [-0.05, 0) is 55.8 Å². The Balaban J connectivity index is 2.10. The SMILES string of the molecule is CCOC(=O)C(/C(N)=N/N=C/c1ccc(Oc2ccccc2)cc1)=C(\O)OCC. The van der Waals surface area contributed by atoms with Gasteiger partial charge in [0.1, 0.15) is 11.5 Å². The molecule has 8 heteroatoms. The molecule has 0 saturated heterocycles. The topological polar surface area (TPSA) is 116 Å². The van der Waals surface area contributed by atoms with Crippen LogP contribution in [0.15, 0.2) is 76.3 Å². The van der Waals surface area contributed by atoms with Crippen molar-refractivity contribution in [2.75, 3.05) is 13.2 Å². The van der Waals surface area contributed by atoms with Crippen molar-refractivity contribution in [1.82, 2.24) is 0 Å². The molecule has 3 N–H and O–H groups in total. The molecule has 0 aromatic heterocycles. The summed E-state index contributed by atoms with van der Waals surface area (Å²) >= 11 is 0. The van der Waals surface area contributed by atoms with Gasteiger partial charge < -0.3 is 25.1 Å². The molecule has 2 aromatic rings. The molecule has 8 nitrogen and oxygen atoms in total. The number of nitrogens with two attached hydrogens (primary N) is 1. The van der Waals surface area contributed by atoms with Crippen LogP contribution < -0.4 is 10.5 Å². The van der Waals surface area contributed by atoms with E-state index < -0.39 is 11.9 Å². The number of para-hydroxylation sites is 1. The first kappa shape index (κ1) is 21.5. The van der Waals surface area contributed by atoms with Crippen molar-refractivity contribution in [3.05, 3.63) is 71.7 Å². The highest BCUT2D eigenvalue weighted by Crippen LogP contribution is 2.20. The minimum atomic E-state index is -0.850. The Morgan fingerprint density at radius 1 is 1.00 bits per heavy atom. The van der Waals surface area contributed by atoms with Crippen molar-refractivity contribution in [1.29, 1.82) is 0 Å². The second-order valence-electron chi connectivity index (χ2n) is 5.55. The molecule has 0 amide bonds. The molecular weight excluding hydrogens is 374 g/mol. The molecule has 2 aromatic carbocycles. The Hall–Kier alpha value is -3.81. The van der Waals surface area contributed by atoms with Gasteiger partial charge in [-0.2, -0.15) is 5.10 Å². The van der Waals surface area contributed by atoms with Crippen LogP contribution in [0.4, 0.5) is 0 Å². The maximum absolute atomic E-state index is 12.0. The molecule has 0 aliphatic rings. The van der Waals surface area contributed by atoms with E-state index in [2.05, 4.69) is 10.2 Å².